The summed E-state index contributed by atoms with van der Waals surface area (Å²) in [7, 11) is -3.71. The second-order valence-electron chi connectivity index (χ2n) is 5.48. The molecule has 0 saturated carbocycles. The van der Waals surface area contributed by atoms with Gasteiger partial charge in [-0.1, -0.05) is 0 Å². The van der Waals surface area contributed by atoms with Gasteiger partial charge in [-0.15, -0.1) is 0 Å². The Hall–Kier alpha value is -2.39. The number of benzene rings is 2. The van der Waals surface area contributed by atoms with Crippen LogP contribution in [0.25, 0.3) is 0 Å². The predicted octanol–water partition coefficient (Wildman–Crippen LogP) is 3.04. The lowest BCUT2D eigenvalue weighted by Gasteiger charge is -2.10. The summed E-state index contributed by atoms with van der Waals surface area (Å²) in [6.07, 6.45) is 0. The van der Waals surface area contributed by atoms with Gasteiger partial charge in [-0.3, -0.25) is 4.79 Å². The van der Waals surface area contributed by atoms with Crippen LogP contribution in [0.5, 0.6) is 0 Å². The number of amides is 1. The molecule has 1 amide bonds. The maximum atomic E-state index is 13.6. The Kier molecular flexibility index (Phi) is 5.48. The van der Waals surface area contributed by atoms with E-state index in [9.17, 15) is 26.4 Å². The molecule has 0 aliphatic carbocycles. The van der Waals surface area contributed by atoms with Gasteiger partial charge >= 0.3 is 0 Å². The van der Waals surface area contributed by atoms with E-state index in [4.69, 9.17) is 0 Å². The first-order chi connectivity index (χ1) is 11.6. The Labute approximate surface area is 142 Å². The molecule has 0 fully saturated rings. The first-order valence-electron chi connectivity index (χ1n) is 7.19. The number of hydrogen-bond donors (Lipinski definition) is 2. The van der Waals surface area contributed by atoms with Gasteiger partial charge in [0.2, 0.25) is 10.0 Å². The van der Waals surface area contributed by atoms with Gasteiger partial charge in [-0.05, 0) is 50.2 Å². The third kappa shape index (κ3) is 4.37. The minimum absolute atomic E-state index is 0.0210. The summed E-state index contributed by atoms with van der Waals surface area (Å²) >= 11 is 0. The van der Waals surface area contributed by atoms with Crippen LogP contribution >= 0.6 is 0 Å². The van der Waals surface area contributed by atoms with Crippen molar-refractivity contribution in [3.05, 3.63) is 59.4 Å². The summed E-state index contributed by atoms with van der Waals surface area (Å²) in [4.78, 5) is 12.0. The number of nitrogens with one attached hydrogen (secondary N) is 2. The van der Waals surface area contributed by atoms with Crippen molar-refractivity contribution in [3.63, 3.8) is 0 Å². The Balaban J connectivity index is 2.20. The average molecular weight is 372 g/mol. The molecule has 0 radical (unpaired) electrons. The van der Waals surface area contributed by atoms with Gasteiger partial charge in [0.15, 0.2) is 17.5 Å². The molecule has 2 rings (SSSR count). The topological polar surface area (TPSA) is 75.3 Å². The minimum atomic E-state index is -3.71. The molecule has 0 bridgehead atoms. The van der Waals surface area contributed by atoms with Gasteiger partial charge in [0.25, 0.3) is 5.91 Å². The zero-order chi connectivity index (χ0) is 18.8. The molecule has 0 aliphatic heterocycles. The molecular weight excluding hydrogens is 357 g/mol. The van der Waals surface area contributed by atoms with Gasteiger partial charge in [-0.25, -0.2) is 26.3 Å². The summed E-state index contributed by atoms with van der Waals surface area (Å²) in [6.45, 7) is 3.32. The van der Waals surface area contributed by atoms with Crippen LogP contribution in [0, 0.1) is 17.5 Å². The first kappa shape index (κ1) is 18.9. The molecule has 0 saturated heterocycles. The lowest BCUT2D eigenvalue weighted by atomic mass is 10.2. The van der Waals surface area contributed by atoms with Gasteiger partial charge in [0.05, 0.1) is 10.6 Å². The summed E-state index contributed by atoms with van der Waals surface area (Å²) < 4.78 is 66.0. The summed E-state index contributed by atoms with van der Waals surface area (Å²) in [5, 5.41) is 2.10. The van der Waals surface area contributed by atoms with Gasteiger partial charge in [0.1, 0.15) is 0 Å². The molecule has 2 N–H and O–H groups in total. The van der Waals surface area contributed by atoms with E-state index in [1.54, 1.807) is 13.8 Å². The second-order valence-corrected chi connectivity index (χ2v) is 7.19. The van der Waals surface area contributed by atoms with Crippen LogP contribution in [-0.4, -0.2) is 20.4 Å². The van der Waals surface area contributed by atoms with E-state index in [1.807, 2.05) is 0 Å². The Morgan fingerprint density at radius 3 is 2.12 bits per heavy atom. The van der Waals surface area contributed by atoms with E-state index in [-0.39, 0.29) is 16.5 Å². The molecular formula is C16H15F3N2O3S. The van der Waals surface area contributed by atoms with E-state index in [0.717, 1.165) is 6.07 Å². The van der Waals surface area contributed by atoms with Crippen LogP contribution in [0.2, 0.25) is 0 Å². The smallest absolute Gasteiger partial charge is 0.255 e. The number of carbonyl (C=O) groups is 1. The lowest BCUT2D eigenvalue weighted by Crippen LogP contribution is -2.30. The van der Waals surface area contributed by atoms with Crippen LogP contribution < -0.4 is 10.0 Å². The van der Waals surface area contributed by atoms with Crippen LogP contribution in [0.15, 0.2) is 41.3 Å². The van der Waals surface area contributed by atoms with E-state index >= 15 is 0 Å². The fourth-order valence-electron chi connectivity index (χ4n) is 1.98. The molecule has 0 aliphatic rings. The molecule has 5 nitrogen and oxygen atoms in total. The fourth-order valence-corrected chi connectivity index (χ4v) is 3.23. The van der Waals surface area contributed by atoms with E-state index in [1.165, 1.54) is 24.3 Å². The zero-order valence-corrected chi connectivity index (χ0v) is 14.1. The molecule has 9 heteroatoms. The standard InChI is InChI=1S/C16H15F3N2O3S/c1-9(2)21-25(23,24)11-5-3-10(4-6-11)16(22)20-13-8-7-12(17)14(18)15(13)19/h3-9,21H,1-2H3,(H,20,22). The monoisotopic (exact) mass is 372 g/mol. The summed E-state index contributed by atoms with van der Waals surface area (Å²) in [5.74, 6) is -5.39. The van der Waals surface area contributed by atoms with Crippen molar-refractivity contribution in [3.8, 4) is 0 Å². The highest BCUT2D eigenvalue weighted by atomic mass is 32.2. The van der Waals surface area contributed by atoms with Gasteiger partial charge < -0.3 is 5.32 Å². The highest BCUT2D eigenvalue weighted by molar-refractivity contribution is 7.89. The Morgan fingerprint density at radius 1 is 0.960 bits per heavy atom. The number of rotatable bonds is 5. The Morgan fingerprint density at radius 2 is 1.56 bits per heavy atom. The second kappa shape index (κ2) is 7.24. The molecule has 0 aromatic heterocycles. The largest absolute Gasteiger partial charge is 0.319 e. The molecule has 0 unspecified atom stereocenters. The van der Waals surface area contributed by atoms with Gasteiger partial charge in [-0.2, -0.15) is 0 Å². The molecule has 134 valence electrons. The molecule has 2 aromatic carbocycles. The number of halogens is 3. The third-order valence-electron chi connectivity index (χ3n) is 3.10. The fraction of sp³-hybridized carbons (Fsp3) is 0.188. The summed E-state index contributed by atoms with van der Waals surface area (Å²) in [5.41, 5.74) is -0.505. The quantitative estimate of drug-likeness (QED) is 0.792. The van der Waals surface area contributed by atoms with E-state index in [0.29, 0.717) is 6.07 Å². The van der Waals surface area contributed by atoms with Crippen LogP contribution in [0.3, 0.4) is 0 Å². The minimum Gasteiger partial charge on any atom is -0.319 e. The highest BCUT2D eigenvalue weighted by Gasteiger charge is 2.18. The van der Waals surface area contributed by atoms with Crippen molar-refractivity contribution in [1.29, 1.82) is 0 Å². The number of hydrogen-bond acceptors (Lipinski definition) is 3. The molecule has 0 heterocycles. The SMILES string of the molecule is CC(C)NS(=O)(=O)c1ccc(C(=O)Nc2ccc(F)c(F)c2F)cc1. The number of anilines is 1. The zero-order valence-electron chi connectivity index (χ0n) is 13.3. The average Bonchev–Trinajstić information content (AvgIpc) is 2.54. The van der Waals surface area contributed by atoms with Crippen molar-refractivity contribution < 1.29 is 26.4 Å². The van der Waals surface area contributed by atoms with Crippen LogP contribution in [0.4, 0.5) is 18.9 Å². The summed E-state index contributed by atoms with van der Waals surface area (Å²) in [6, 6.07) is 6.13. The van der Waals surface area contributed by atoms with Crippen molar-refractivity contribution in [2.75, 3.05) is 5.32 Å². The normalized spacial score (nSPS) is 11.6. The maximum Gasteiger partial charge on any atom is 0.255 e. The molecule has 25 heavy (non-hydrogen) atoms. The van der Waals surface area contributed by atoms with Gasteiger partial charge in [0, 0.05) is 11.6 Å². The predicted molar refractivity (Wildman–Crippen MR) is 86.2 cm³/mol. The first-order valence-corrected chi connectivity index (χ1v) is 8.67. The van der Waals surface area contributed by atoms with Crippen molar-refractivity contribution in [1.82, 2.24) is 4.72 Å². The number of sulfonamides is 1. The van der Waals surface area contributed by atoms with Crippen molar-refractivity contribution in [2.45, 2.75) is 24.8 Å². The highest BCUT2D eigenvalue weighted by Crippen LogP contribution is 2.20. The van der Waals surface area contributed by atoms with E-state index < -0.39 is 39.1 Å². The van der Waals surface area contributed by atoms with E-state index in [2.05, 4.69) is 10.0 Å². The lowest BCUT2D eigenvalue weighted by molar-refractivity contribution is 0.102. The number of carbonyl (C=O) groups excluding carboxylic acids is 1. The van der Waals surface area contributed by atoms with Crippen LogP contribution in [-0.2, 0) is 10.0 Å². The van der Waals surface area contributed by atoms with Crippen molar-refractivity contribution in [2.24, 2.45) is 0 Å². The Bertz CT molecular complexity index is 898. The molecule has 0 spiro atoms. The third-order valence-corrected chi connectivity index (χ3v) is 4.78. The van der Waals surface area contributed by atoms with Crippen molar-refractivity contribution >= 4 is 21.6 Å². The molecule has 0 atom stereocenters. The van der Waals surface area contributed by atoms with Crippen LogP contribution in [0.1, 0.15) is 24.2 Å². The maximum absolute atomic E-state index is 13.6. The molecule has 2 aromatic rings.